The Bertz CT molecular complexity index is 832. The van der Waals surface area contributed by atoms with Crippen molar-refractivity contribution in [1.82, 2.24) is 4.90 Å². The topological polar surface area (TPSA) is 76.1 Å². The fraction of sp³-hybridized carbons (Fsp3) is 0.391. The first-order chi connectivity index (χ1) is 13.8. The molecule has 154 valence electrons. The number of hydrogen-bond acceptors (Lipinski definition) is 4. The zero-order chi connectivity index (χ0) is 20.9. The number of amides is 1. The summed E-state index contributed by atoms with van der Waals surface area (Å²) in [4.78, 5) is 25.2. The zero-order valence-electron chi connectivity index (χ0n) is 16.8. The first-order valence-corrected chi connectivity index (χ1v) is 9.86. The predicted molar refractivity (Wildman–Crippen MR) is 109 cm³/mol. The number of ether oxygens (including phenoxy) is 2. The van der Waals surface area contributed by atoms with E-state index in [9.17, 15) is 9.59 Å². The van der Waals surface area contributed by atoms with Gasteiger partial charge in [-0.05, 0) is 68.9 Å². The van der Waals surface area contributed by atoms with E-state index < -0.39 is 11.6 Å². The molecule has 1 amide bonds. The summed E-state index contributed by atoms with van der Waals surface area (Å²) in [6.45, 7) is 4.48. The molecule has 1 saturated heterocycles. The second-order valence-corrected chi connectivity index (χ2v) is 7.88. The van der Waals surface area contributed by atoms with Crippen LogP contribution in [0, 0.1) is 5.92 Å². The molecule has 3 rings (SSSR count). The third kappa shape index (κ3) is 5.73. The Morgan fingerprint density at radius 1 is 1.07 bits per heavy atom. The number of aryl methyl sites for hydroxylation is 1. The SMILES string of the molecule is CC(C)(Oc1ccc(CC[C@H]2CCN(C(=O)Oc3ccccc3)C2)cc1)C(=O)O. The van der Waals surface area contributed by atoms with Crippen molar-refractivity contribution in [3.63, 3.8) is 0 Å². The van der Waals surface area contributed by atoms with E-state index in [1.54, 1.807) is 29.2 Å². The van der Waals surface area contributed by atoms with Crippen molar-refractivity contribution in [2.45, 2.75) is 38.7 Å². The van der Waals surface area contributed by atoms with Gasteiger partial charge in [0.15, 0.2) is 5.60 Å². The second kappa shape index (κ2) is 8.99. The quantitative estimate of drug-likeness (QED) is 0.750. The molecular weight excluding hydrogens is 370 g/mol. The lowest BCUT2D eigenvalue weighted by molar-refractivity contribution is -0.152. The van der Waals surface area contributed by atoms with Crippen molar-refractivity contribution in [2.24, 2.45) is 5.92 Å². The standard InChI is InChI=1S/C23H27NO5/c1-23(2,21(25)26)29-20-12-10-17(11-13-20)8-9-18-14-15-24(16-18)22(27)28-19-6-4-3-5-7-19/h3-7,10-13,18H,8-9,14-16H2,1-2H3,(H,25,26)/t18-/m0/s1. The number of likely N-dealkylation sites (tertiary alicyclic amines) is 1. The molecule has 0 aliphatic carbocycles. The highest BCUT2D eigenvalue weighted by atomic mass is 16.6. The van der Waals surface area contributed by atoms with Gasteiger partial charge in [0.2, 0.25) is 0 Å². The Balaban J connectivity index is 1.45. The molecule has 0 radical (unpaired) electrons. The van der Waals surface area contributed by atoms with Crippen molar-refractivity contribution >= 4 is 12.1 Å². The van der Waals surface area contributed by atoms with Gasteiger partial charge in [0.25, 0.3) is 0 Å². The Kier molecular flexibility index (Phi) is 6.42. The molecule has 2 aromatic rings. The highest BCUT2D eigenvalue weighted by Crippen LogP contribution is 2.24. The van der Waals surface area contributed by atoms with Crippen LogP contribution in [0.25, 0.3) is 0 Å². The van der Waals surface area contributed by atoms with Gasteiger partial charge >= 0.3 is 12.1 Å². The van der Waals surface area contributed by atoms with Crippen LogP contribution in [0.3, 0.4) is 0 Å². The maximum Gasteiger partial charge on any atom is 0.415 e. The van der Waals surface area contributed by atoms with Crippen LogP contribution in [-0.2, 0) is 11.2 Å². The minimum atomic E-state index is -1.26. The van der Waals surface area contributed by atoms with Crippen molar-refractivity contribution in [2.75, 3.05) is 13.1 Å². The predicted octanol–water partition coefficient (Wildman–Crippen LogP) is 4.38. The molecule has 1 aliphatic heterocycles. The third-order valence-corrected chi connectivity index (χ3v) is 5.15. The average Bonchev–Trinajstić information content (AvgIpc) is 3.17. The van der Waals surface area contributed by atoms with E-state index in [0.717, 1.165) is 24.8 Å². The Morgan fingerprint density at radius 2 is 1.76 bits per heavy atom. The number of rotatable bonds is 7. The first-order valence-electron chi connectivity index (χ1n) is 9.86. The van der Waals surface area contributed by atoms with Crippen LogP contribution in [0.2, 0.25) is 0 Å². The van der Waals surface area contributed by atoms with E-state index in [-0.39, 0.29) is 6.09 Å². The first kappa shape index (κ1) is 20.7. The number of para-hydroxylation sites is 1. The zero-order valence-corrected chi connectivity index (χ0v) is 16.8. The maximum absolute atomic E-state index is 12.3. The monoisotopic (exact) mass is 397 g/mol. The van der Waals surface area contributed by atoms with Crippen LogP contribution < -0.4 is 9.47 Å². The van der Waals surface area contributed by atoms with E-state index in [1.165, 1.54) is 13.8 Å². The minimum absolute atomic E-state index is 0.291. The van der Waals surface area contributed by atoms with Crippen LogP contribution in [0.1, 0.15) is 32.3 Å². The molecule has 0 spiro atoms. The number of carboxylic acids is 1. The molecule has 2 aromatic carbocycles. The summed E-state index contributed by atoms with van der Waals surface area (Å²) >= 11 is 0. The molecule has 29 heavy (non-hydrogen) atoms. The van der Waals surface area contributed by atoms with E-state index >= 15 is 0 Å². The average molecular weight is 397 g/mol. The number of carboxylic acid groups (broad SMARTS) is 1. The molecule has 6 heteroatoms. The molecule has 1 heterocycles. The van der Waals surface area contributed by atoms with Gasteiger partial charge in [-0.3, -0.25) is 0 Å². The normalized spacial score (nSPS) is 16.5. The molecule has 0 bridgehead atoms. The van der Waals surface area contributed by atoms with Gasteiger partial charge in [-0.1, -0.05) is 30.3 Å². The molecule has 0 unspecified atom stereocenters. The Hall–Kier alpha value is -3.02. The maximum atomic E-state index is 12.3. The van der Waals surface area contributed by atoms with E-state index in [0.29, 0.717) is 30.5 Å². The molecule has 1 fully saturated rings. The Labute approximate surface area is 171 Å². The van der Waals surface area contributed by atoms with Gasteiger partial charge in [-0.15, -0.1) is 0 Å². The van der Waals surface area contributed by atoms with Crippen LogP contribution >= 0.6 is 0 Å². The molecule has 6 nitrogen and oxygen atoms in total. The van der Waals surface area contributed by atoms with Crippen LogP contribution in [0.5, 0.6) is 11.5 Å². The van der Waals surface area contributed by atoms with Gasteiger partial charge in [0, 0.05) is 13.1 Å². The molecule has 1 N–H and O–H groups in total. The van der Waals surface area contributed by atoms with Crippen molar-refractivity contribution < 1.29 is 24.2 Å². The number of nitrogens with zero attached hydrogens (tertiary/aromatic N) is 1. The van der Waals surface area contributed by atoms with Gasteiger partial charge in [-0.2, -0.15) is 0 Å². The highest BCUT2D eigenvalue weighted by molar-refractivity contribution is 5.76. The molecule has 1 aliphatic rings. The summed E-state index contributed by atoms with van der Waals surface area (Å²) in [5, 5.41) is 9.14. The van der Waals surface area contributed by atoms with E-state index in [1.807, 2.05) is 30.3 Å². The lowest BCUT2D eigenvalue weighted by Crippen LogP contribution is -2.37. The van der Waals surface area contributed by atoms with Gasteiger partial charge in [0.05, 0.1) is 0 Å². The van der Waals surface area contributed by atoms with Crippen LogP contribution in [-0.4, -0.2) is 40.8 Å². The number of carbonyl (C=O) groups excluding carboxylic acids is 1. The Morgan fingerprint density at radius 3 is 2.41 bits per heavy atom. The summed E-state index contributed by atoms with van der Waals surface area (Å²) in [5.74, 6) is 0.546. The van der Waals surface area contributed by atoms with Gasteiger partial charge < -0.3 is 19.5 Å². The molecule has 0 saturated carbocycles. The fourth-order valence-corrected chi connectivity index (χ4v) is 3.32. The number of aliphatic carboxylic acids is 1. The van der Waals surface area contributed by atoms with Crippen molar-refractivity contribution in [3.05, 3.63) is 60.2 Å². The second-order valence-electron chi connectivity index (χ2n) is 7.88. The van der Waals surface area contributed by atoms with E-state index in [2.05, 4.69) is 0 Å². The summed E-state index contributed by atoms with van der Waals surface area (Å²) in [7, 11) is 0. The van der Waals surface area contributed by atoms with Crippen LogP contribution in [0.4, 0.5) is 4.79 Å². The minimum Gasteiger partial charge on any atom is -0.478 e. The summed E-state index contributed by atoms with van der Waals surface area (Å²) in [5.41, 5.74) is -0.0980. The smallest absolute Gasteiger partial charge is 0.415 e. The van der Waals surface area contributed by atoms with Gasteiger partial charge in [0.1, 0.15) is 11.5 Å². The number of benzene rings is 2. The molecule has 0 aromatic heterocycles. The van der Waals surface area contributed by atoms with E-state index in [4.69, 9.17) is 14.6 Å². The summed E-state index contributed by atoms with van der Waals surface area (Å²) in [6, 6.07) is 16.6. The highest BCUT2D eigenvalue weighted by Gasteiger charge is 2.29. The number of carbonyl (C=O) groups is 2. The molecular formula is C23H27NO5. The van der Waals surface area contributed by atoms with Crippen molar-refractivity contribution in [1.29, 1.82) is 0 Å². The fourth-order valence-electron chi connectivity index (χ4n) is 3.32. The van der Waals surface area contributed by atoms with Crippen LogP contribution in [0.15, 0.2) is 54.6 Å². The lowest BCUT2D eigenvalue weighted by atomic mass is 9.99. The third-order valence-electron chi connectivity index (χ3n) is 5.15. The summed E-state index contributed by atoms with van der Waals surface area (Å²) < 4.78 is 10.9. The molecule has 1 atom stereocenters. The largest absolute Gasteiger partial charge is 0.478 e. The lowest BCUT2D eigenvalue weighted by Gasteiger charge is -2.21. The summed E-state index contributed by atoms with van der Waals surface area (Å²) in [6.07, 6.45) is 2.56. The number of hydrogen-bond donors (Lipinski definition) is 1. The van der Waals surface area contributed by atoms with Crippen molar-refractivity contribution in [3.8, 4) is 11.5 Å². The van der Waals surface area contributed by atoms with Gasteiger partial charge in [-0.25, -0.2) is 9.59 Å².